The van der Waals surface area contributed by atoms with Crippen LogP contribution < -0.4 is 0 Å². The molecule has 1 aliphatic rings. The fourth-order valence-corrected chi connectivity index (χ4v) is 9.79. The number of aromatic nitrogens is 4. The Morgan fingerprint density at radius 2 is 0.790 bits per heavy atom. The minimum Gasteiger partial charge on any atom is -0.309 e. The maximum atomic E-state index is 5.25. The molecule has 0 saturated heterocycles. The van der Waals surface area contributed by atoms with Gasteiger partial charge in [0.05, 0.1) is 22.1 Å². The number of nitrogens with zero attached hydrogens (tertiary/aromatic N) is 4. The predicted molar refractivity (Wildman–Crippen MR) is 253 cm³/mol. The van der Waals surface area contributed by atoms with Gasteiger partial charge in [-0.05, 0) is 63.2 Å². The maximum absolute atomic E-state index is 5.25. The van der Waals surface area contributed by atoms with Crippen molar-refractivity contribution in [2.45, 2.75) is 5.41 Å². The lowest BCUT2D eigenvalue weighted by Crippen LogP contribution is -2.36. The smallest absolute Gasteiger partial charge is 0.164 e. The molecular weight excluding hydrogens is 753 g/mol. The zero-order valence-corrected chi connectivity index (χ0v) is 33.7. The molecule has 2 aromatic heterocycles. The van der Waals surface area contributed by atoms with Gasteiger partial charge < -0.3 is 4.57 Å². The number of hydrogen-bond acceptors (Lipinski definition) is 3. The first-order valence-corrected chi connectivity index (χ1v) is 21.1. The van der Waals surface area contributed by atoms with Crippen molar-refractivity contribution in [2.24, 2.45) is 0 Å². The van der Waals surface area contributed by atoms with E-state index in [0.717, 1.165) is 33.5 Å². The van der Waals surface area contributed by atoms with E-state index in [-0.39, 0.29) is 0 Å². The first-order chi connectivity index (χ1) is 30.8. The highest BCUT2D eigenvalue weighted by molar-refractivity contribution is 6.14. The molecule has 12 rings (SSSR count). The van der Waals surface area contributed by atoms with Crippen LogP contribution >= 0.6 is 0 Å². The summed E-state index contributed by atoms with van der Waals surface area (Å²) in [4.78, 5) is 15.5. The average Bonchev–Trinajstić information content (AvgIpc) is 3.70. The van der Waals surface area contributed by atoms with E-state index in [1.165, 1.54) is 55.2 Å². The van der Waals surface area contributed by atoms with Crippen molar-refractivity contribution in [1.82, 2.24) is 19.5 Å². The Labute approximate surface area is 360 Å². The van der Waals surface area contributed by atoms with E-state index in [9.17, 15) is 0 Å². The Morgan fingerprint density at radius 3 is 1.34 bits per heavy atom. The molecule has 9 aromatic carbocycles. The van der Waals surface area contributed by atoms with Crippen molar-refractivity contribution >= 4 is 21.8 Å². The van der Waals surface area contributed by atoms with E-state index < -0.39 is 5.41 Å². The summed E-state index contributed by atoms with van der Waals surface area (Å²) in [6, 6.07) is 82.6. The third kappa shape index (κ3) is 5.58. The Morgan fingerprint density at radius 1 is 0.339 bits per heavy atom. The van der Waals surface area contributed by atoms with Crippen molar-refractivity contribution in [3.8, 4) is 62.1 Å². The topological polar surface area (TPSA) is 43.6 Å². The molecule has 0 spiro atoms. The van der Waals surface area contributed by atoms with Gasteiger partial charge in [0.15, 0.2) is 17.5 Å². The molecule has 0 radical (unpaired) electrons. The van der Waals surface area contributed by atoms with Gasteiger partial charge in [0.25, 0.3) is 0 Å². The van der Waals surface area contributed by atoms with Crippen LogP contribution in [0.4, 0.5) is 0 Å². The Balaban J connectivity index is 1.24. The Kier molecular flexibility index (Phi) is 8.36. The van der Waals surface area contributed by atoms with Crippen LogP contribution in [-0.4, -0.2) is 19.5 Å². The second kappa shape index (κ2) is 14.5. The van der Waals surface area contributed by atoms with Crippen molar-refractivity contribution in [2.75, 3.05) is 0 Å². The summed E-state index contributed by atoms with van der Waals surface area (Å²) in [6.45, 7) is 0. The van der Waals surface area contributed by atoms with E-state index >= 15 is 0 Å². The third-order valence-corrected chi connectivity index (χ3v) is 12.5. The van der Waals surface area contributed by atoms with Crippen LogP contribution in [0, 0.1) is 0 Å². The average molecular weight is 791 g/mol. The van der Waals surface area contributed by atoms with Crippen LogP contribution in [0.5, 0.6) is 0 Å². The van der Waals surface area contributed by atoms with E-state index in [2.05, 4.69) is 199 Å². The van der Waals surface area contributed by atoms with Gasteiger partial charge in [-0.1, -0.05) is 206 Å². The van der Waals surface area contributed by atoms with E-state index in [4.69, 9.17) is 15.0 Å². The lowest BCUT2D eigenvalue weighted by molar-refractivity contribution is 0.729. The third-order valence-electron chi connectivity index (χ3n) is 12.5. The largest absolute Gasteiger partial charge is 0.309 e. The summed E-state index contributed by atoms with van der Waals surface area (Å²) in [5.41, 5.74) is 15.0. The predicted octanol–water partition coefficient (Wildman–Crippen LogP) is 14.0. The number of hydrogen-bond donors (Lipinski definition) is 0. The Hall–Kier alpha value is -8.21. The molecule has 0 bridgehead atoms. The molecule has 0 saturated carbocycles. The highest BCUT2D eigenvalue weighted by atomic mass is 15.0. The quantitative estimate of drug-likeness (QED) is 0.161. The van der Waals surface area contributed by atoms with E-state index in [0.29, 0.717) is 17.5 Å². The minimum absolute atomic E-state index is 0.617. The zero-order chi connectivity index (χ0) is 41.0. The molecule has 0 unspecified atom stereocenters. The molecule has 4 heteroatoms. The van der Waals surface area contributed by atoms with Gasteiger partial charge in [-0.3, -0.25) is 0 Å². The molecule has 1 aliphatic heterocycles. The monoisotopic (exact) mass is 790 g/mol. The van der Waals surface area contributed by atoms with Gasteiger partial charge in [0.1, 0.15) is 0 Å². The van der Waals surface area contributed by atoms with E-state index in [1.54, 1.807) is 0 Å². The molecule has 62 heavy (non-hydrogen) atoms. The van der Waals surface area contributed by atoms with Crippen molar-refractivity contribution in [3.05, 3.63) is 253 Å². The maximum Gasteiger partial charge on any atom is 0.164 e. The van der Waals surface area contributed by atoms with Crippen LogP contribution in [-0.2, 0) is 5.41 Å². The summed E-state index contributed by atoms with van der Waals surface area (Å²) in [5.74, 6) is 1.88. The summed E-state index contributed by atoms with van der Waals surface area (Å²) in [7, 11) is 0. The zero-order valence-electron chi connectivity index (χ0n) is 33.7. The fraction of sp³-hybridized carbons (Fsp3) is 0.0172. The summed E-state index contributed by atoms with van der Waals surface area (Å²) < 4.78 is 2.53. The lowest BCUT2D eigenvalue weighted by Gasteiger charge is -2.43. The Bertz CT molecular complexity index is 3320. The van der Waals surface area contributed by atoms with Crippen molar-refractivity contribution in [3.63, 3.8) is 0 Å². The molecule has 3 heterocycles. The summed E-state index contributed by atoms with van der Waals surface area (Å²) in [6.07, 6.45) is 0. The molecule has 0 amide bonds. The molecule has 0 N–H and O–H groups in total. The van der Waals surface area contributed by atoms with Gasteiger partial charge in [-0.2, -0.15) is 0 Å². The van der Waals surface area contributed by atoms with Crippen LogP contribution in [0.1, 0.15) is 22.3 Å². The van der Waals surface area contributed by atoms with Gasteiger partial charge in [0, 0.05) is 33.0 Å². The van der Waals surface area contributed by atoms with Crippen molar-refractivity contribution < 1.29 is 0 Å². The standard InChI is InChI=1S/C58H38N4/c1-7-19-39(20-8-1)43-31-33-48-49-35-34-47(40-21-9-2-10-22-40)53-54(49)62(52(48)38-43)51-36-32-44(37-50(51)58(53,45-27-15-5-16-28-45)46-29-17-6-18-30-46)57-60-55(41-23-11-3-12-24-41)59-56(61-57)42-25-13-4-14-26-42/h1-38H. The molecule has 4 nitrogen and oxygen atoms in total. The highest BCUT2D eigenvalue weighted by Gasteiger charge is 2.47. The fourth-order valence-electron chi connectivity index (χ4n) is 9.79. The molecule has 0 atom stereocenters. The normalized spacial score (nSPS) is 12.6. The molecule has 11 aromatic rings. The SMILES string of the molecule is c1ccc(-c2ccc3c4ccc(-c5ccccc5)c5c4n(c3c2)-c2ccc(-c3nc(-c4ccccc4)nc(-c4ccccc4)n3)cc2C5(c2ccccc2)c2ccccc2)cc1. The van der Waals surface area contributed by atoms with Gasteiger partial charge in [-0.15, -0.1) is 0 Å². The lowest BCUT2D eigenvalue weighted by atomic mass is 9.61. The second-order valence-corrected chi connectivity index (χ2v) is 15.9. The van der Waals surface area contributed by atoms with Gasteiger partial charge in [0.2, 0.25) is 0 Å². The second-order valence-electron chi connectivity index (χ2n) is 15.9. The highest BCUT2D eigenvalue weighted by Crippen LogP contribution is 2.57. The van der Waals surface area contributed by atoms with Crippen LogP contribution in [0.3, 0.4) is 0 Å². The van der Waals surface area contributed by atoms with Crippen molar-refractivity contribution in [1.29, 1.82) is 0 Å². The van der Waals surface area contributed by atoms with Crippen LogP contribution in [0.2, 0.25) is 0 Å². The van der Waals surface area contributed by atoms with Crippen LogP contribution in [0.15, 0.2) is 231 Å². The number of fused-ring (bicyclic) bond motifs is 5. The molecule has 290 valence electrons. The number of rotatable bonds is 7. The first kappa shape index (κ1) is 35.7. The molecule has 0 aliphatic carbocycles. The minimum atomic E-state index is -0.761. The molecule has 0 fully saturated rings. The van der Waals surface area contributed by atoms with Crippen LogP contribution in [0.25, 0.3) is 83.9 Å². The number of benzene rings is 9. The van der Waals surface area contributed by atoms with Gasteiger partial charge in [-0.25, -0.2) is 15.0 Å². The van der Waals surface area contributed by atoms with E-state index in [1.807, 2.05) is 36.4 Å². The summed E-state index contributed by atoms with van der Waals surface area (Å²) >= 11 is 0. The van der Waals surface area contributed by atoms with Gasteiger partial charge >= 0.3 is 0 Å². The first-order valence-electron chi connectivity index (χ1n) is 21.1. The molecular formula is C58H38N4. The summed E-state index contributed by atoms with van der Waals surface area (Å²) in [5, 5.41) is 2.43.